The van der Waals surface area contributed by atoms with Crippen molar-refractivity contribution >= 4 is 51.1 Å². The lowest BCUT2D eigenvalue weighted by Crippen LogP contribution is -2.33. The summed E-state index contributed by atoms with van der Waals surface area (Å²) in [7, 11) is 0. The fraction of sp³-hybridized carbons (Fsp3) is 0.333. The molecule has 4 N–H and O–H groups in total. The number of aromatic amines is 1. The van der Waals surface area contributed by atoms with Crippen molar-refractivity contribution in [2.24, 2.45) is 4.99 Å². The zero-order chi connectivity index (χ0) is 18.1. The number of nitrogens with two attached hydrogens (primary N) is 1. The third-order valence-electron chi connectivity index (χ3n) is 4.71. The highest BCUT2D eigenvalue weighted by Crippen LogP contribution is 2.34. The third kappa shape index (κ3) is 3.25. The van der Waals surface area contributed by atoms with Crippen molar-refractivity contribution < 1.29 is 4.79 Å². The second-order valence-electron chi connectivity index (χ2n) is 6.45. The SMILES string of the molecule is Nc1ncc(I)c2n[nH]c(C3C=CC(C(=O)NC4=NCCCC4)=CC3)c12. The molecule has 1 amide bonds. The zero-order valence-electron chi connectivity index (χ0n) is 14.1. The quantitative estimate of drug-likeness (QED) is 0.597. The third-order valence-corrected chi connectivity index (χ3v) is 5.50. The molecule has 4 rings (SSSR count). The fourth-order valence-corrected chi connectivity index (χ4v) is 3.84. The van der Waals surface area contributed by atoms with Gasteiger partial charge in [-0.05, 0) is 41.9 Å². The molecule has 2 aromatic rings. The average molecular weight is 462 g/mol. The number of nitrogens with zero attached hydrogens (tertiary/aromatic N) is 3. The number of hydrogen-bond acceptors (Lipinski definition) is 5. The molecule has 2 aliphatic rings. The molecule has 26 heavy (non-hydrogen) atoms. The van der Waals surface area contributed by atoms with E-state index in [9.17, 15) is 4.79 Å². The van der Waals surface area contributed by atoms with Gasteiger partial charge in [0.05, 0.1) is 14.7 Å². The van der Waals surface area contributed by atoms with Gasteiger partial charge in [-0.25, -0.2) is 4.98 Å². The van der Waals surface area contributed by atoms with E-state index in [0.29, 0.717) is 17.8 Å². The maximum atomic E-state index is 12.4. The standard InChI is InChI=1S/C18H19IN6O/c19-12-9-22-17(20)14-15(24-25-16(12)14)10-4-6-11(7-5-10)18(26)23-13-3-1-2-8-21-13/h4,6-7,9-10H,1-3,5,8H2,(H2,20,22)(H,24,25)(H,21,23,26). The van der Waals surface area contributed by atoms with E-state index in [2.05, 4.69) is 48.1 Å². The van der Waals surface area contributed by atoms with Crippen LogP contribution in [0.5, 0.6) is 0 Å². The molecule has 8 heteroatoms. The number of amidine groups is 1. The summed E-state index contributed by atoms with van der Waals surface area (Å²) in [5.74, 6) is 1.27. The molecule has 7 nitrogen and oxygen atoms in total. The number of carbonyl (C=O) groups excluding carboxylic acids is 1. The molecule has 0 fully saturated rings. The van der Waals surface area contributed by atoms with Crippen LogP contribution < -0.4 is 11.1 Å². The van der Waals surface area contributed by atoms with E-state index in [0.717, 1.165) is 51.8 Å². The van der Waals surface area contributed by atoms with Crippen LogP contribution in [0.15, 0.2) is 35.0 Å². The Labute approximate surface area is 164 Å². The second kappa shape index (κ2) is 7.18. The minimum atomic E-state index is -0.0921. The predicted molar refractivity (Wildman–Crippen MR) is 110 cm³/mol. The Hall–Kier alpha value is -2.23. The van der Waals surface area contributed by atoms with Gasteiger partial charge in [0.2, 0.25) is 0 Å². The highest BCUT2D eigenvalue weighted by molar-refractivity contribution is 14.1. The van der Waals surface area contributed by atoms with Crippen LogP contribution in [-0.2, 0) is 4.79 Å². The summed E-state index contributed by atoms with van der Waals surface area (Å²) in [6.45, 7) is 0.799. The zero-order valence-corrected chi connectivity index (χ0v) is 16.3. The normalized spacial score (nSPS) is 20.0. The lowest BCUT2D eigenvalue weighted by molar-refractivity contribution is -0.115. The van der Waals surface area contributed by atoms with Crippen LogP contribution in [0.2, 0.25) is 0 Å². The first-order valence-corrected chi connectivity index (χ1v) is 9.72. The lowest BCUT2D eigenvalue weighted by Gasteiger charge is -2.17. The van der Waals surface area contributed by atoms with E-state index in [1.807, 2.05) is 18.2 Å². The Morgan fingerprint density at radius 1 is 1.38 bits per heavy atom. The first kappa shape index (κ1) is 17.2. The monoisotopic (exact) mass is 462 g/mol. The molecular weight excluding hydrogens is 443 g/mol. The van der Waals surface area contributed by atoms with Crippen molar-refractivity contribution in [3.05, 3.63) is 39.3 Å². The summed E-state index contributed by atoms with van der Waals surface area (Å²) < 4.78 is 0.956. The predicted octanol–water partition coefficient (Wildman–Crippen LogP) is 2.81. The van der Waals surface area contributed by atoms with Crippen molar-refractivity contribution in [3.8, 4) is 0 Å². The van der Waals surface area contributed by atoms with E-state index in [1.165, 1.54) is 0 Å². The summed E-state index contributed by atoms with van der Waals surface area (Å²) in [5.41, 5.74) is 8.51. The lowest BCUT2D eigenvalue weighted by atomic mass is 9.92. The highest BCUT2D eigenvalue weighted by Gasteiger charge is 2.22. The molecule has 1 aliphatic carbocycles. The van der Waals surface area contributed by atoms with Gasteiger partial charge in [-0.15, -0.1) is 0 Å². The van der Waals surface area contributed by atoms with Crippen molar-refractivity contribution in [1.29, 1.82) is 0 Å². The Balaban J connectivity index is 1.51. The minimum absolute atomic E-state index is 0.0888. The van der Waals surface area contributed by atoms with Gasteiger partial charge >= 0.3 is 0 Å². The summed E-state index contributed by atoms with van der Waals surface area (Å²) in [4.78, 5) is 21.0. The first-order chi connectivity index (χ1) is 12.6. The Kier molecular flexibility index (Phi) is 4.75. The number of nitrogen functional groups attached to an aromatic ring is 1. The van der Waals surface area contributed by atoms with Gasteiger partial charge in [-0.1, -0.05) is 18.2 Å². The fourth-order valence-electron chi connectivity index (χ4n) is 3.31. The molecule has 1 atom stereocenters. The number of hydrogen-bond donors (Lipinski definition) is 3. The van der Waals surface area contributed by atoms with Crippen molar-refractivity contribution in [2.45, 2.75) is 31.6 Å². The van der Waals surface area contributed by atoms with Crippen LogP contribution in [0.3, 0.4) is 0 Å². The number of fused-ring (bicyclic) bond motifs is 1. The number of carbonyl (C=O) groups is 1. The molecule has 2 aromatic heterocycles. The van der Waals surface area contributed by atoms with Gasteiger partial charge in [0.25, 0.3) is 5.91 Å². The molecular formula is C18H19IN6O. The molecule has 0 aromatic carbocycles. The van der Waals surface area contributed by atoms with E-state index >= 15 is 0 Å². The summed E-state index contributed by atoms with van der Waals surface area (Å²) in [6.07, 6.45) is 11.3. The Bertz CT molecular complexity index is 958. The summed E-state index contributed by atoms with van der Waals surface area (Å²) in [6, 6.07) is 0. The molecule has 1 unspecified atom stereocenters. The van der Waals surface area contributed by atoms with Gasteiger partial charge in [-0.2, -0.15) is 5.10 Å². The number of allylic oxidation sites excluding steroid dienone is 2. The van der Waals surface area contributed by atoms with Crippen molar-refractivity contribution in [3.63, 3.8) is 0 Å². The highest BCUT2D eigenvalue weighted by atomic mass is 127. The summed E-state index contributed by atoms with van der Waals surface area (Å²) in [5, 5.41) is 11.3. The van der Waals surface area contributed by atoms with Crippen LogP contribution in [0.4, 0.5) is 5.82 Å². The molecule has 3 heterocycles. The maximum absolute atomic E-state index is 12.4. The van der Waals surface area contributed by atoms with Crippen molar-refractivity contribution in [2.75, 3.05) is 12.3 Å². The van der Waals surface area contributed by atoms with Crippen LogP contribution >= 0.6 is 22.6 Å². The van der Waals surface area contributed by atoms with Crippen LogP contribution in [0.1, 0.15) is 37.3 Å². The number of amides is 1. The molecule has 1 aliphatic heterocycles. The van der Waals surface area contributed by atoms with Crippen LogP contribution in [-0.4, -0.2) is 33.5 Å². The Morgan fingerprint density at radius 2 is 2.27 bits per heavy atom. The van der Waals surface area contributed by atoms with Crippen LogP contribution in [0, 0.1) is 3.57 Å². The van der Waals surface area contributed by atoms with Crippen LogP contribution in [0.25, 0.3) is 10.9 Å². The minimum Gasteiger partial charge on any atom is -0.383 e. The van der Waals surface area contributed by atoms with Crippen molar-refractivity contribution in [1.82, 2.24) is 20.5 Å². The largest absolute Gasteiger partial charge is 0.383 e. The topological polar surface area (TPSA) is 109 Å². The average Bonchev–Trinajstić information content (AvgIpc) is 3.12. The molecule has 0 saturated carbocycles. The summed E-state index contributed by atoms with van der Waals surface area (Å²) >= 11 is 2.20. The first-order valence-electron chi connectivity index (χ1n) is 8.64. The number of nitrogens with one attached hydrogen (secondary N) is 2. The molecule has 0 saturated heterocycles. The maximum Gasteiger partial charge on any atom is 0.256 e. The number of anilines is 1. The van der Waals surface area contributed by atoms with Gasteiger partial charge < -0.3 is 11.1 Å². The number of pyridine rings is 1. The number of aliphatic imine (C=N–C) groups is 1. The van der Waals surface area contributed by atoms with Gasteiger partial charge in [0.1, 0.15) is 17.2 Å². The van der Waals surface area contributed by atoms with E-state index in [1.54, 1.807) is 6.20 Å². The van der Waals surface area contributed by atoms with Gasteiger partial charge in [-0.3, -0.25) is 14.9 Å². The van der Waals surface area contributed by atoms with E-state index in [-0.39, 0.29) is 11.8 Å². The van der Waals surface area contributed by atoms with Gasteiger partial charge in [0.15, 0.2) is 0 Å². The molecule has 0 bridgehead atoms. The molecule has 0 radical (unpaired) electrons. The number of aromatic nitrogens is 3. The number of rotatable bonds is 2. The van der Waals surface area contributed by atoms with E-state index in [4.69, 9.17) is 5.73 Å². The number of halogens is 1. The smallest absolute Gasteiger partial charge is 0.256 e. The molecule has 0 spiro atoms. The Morgan fingerprint density at radius 3 is 3.00 bits per heavy atom. The second-order valence-corrected chi connectivity index (χ2v) is 7.61. The molecule has 134 valence electrons. The number of H-pyrrole nitrogens is 1. The van der Waals surface area contributed by atoms with Gasteiger partial charge in [0, 0.05) is 30.7 Å². The van der Waals surface area contributed by atoms with E-state index < -0.39 is 0 Å².